The van der Waals surface area contributed by atoms with Gasteiger partial charge in [-0.15, -0.1) is 0 Å². The lowest BCUT2D eigenvalue weighted by atomic mass is 9.81. The summed E-state index contributed by atoms with van der Waals surface area (Å²) in [5.41, 5.74) is 1.28. The summed E-state index contributed by atoms with van der Waals surface area (Å²) in [5.74, 6) is 2.18. The molecule has 2 nitrogen and oxygen atoms in total. The Hall–Kier alpha value is -1.02. The first kappa shape index (κ1) is 15.4. The molecule has 0 aromatic heterocycles. The molecule has 20 heavy (non-hydrogen) atoms. The molecule has 1 atom stereocenters. The van der Waals surface area contributed by atoms with Crippen LogP contribution in [0.1, 0.15) is 64.0 Å². The lowest BCUT2D eigenvalue weighted by Crippen LogP contribution is -2.29. The third-order valence-corrected chi connectivity index (χ3v) is 4.90. The molecule has 0 spiro atoms. The van der Waals surface area contributed by atoms with E-state index in [-0.39, 0.29) is 0 Å². The highest BCUT2D eigenvalue weighted by Crippen LogP contribution is 2.30. The zero-order chi connectivity index (χ0) is 14.4. The van der Waals surface area contributed by atoms with Crippen molar-refractivity contribution in [2.24, 2.45) is 11.8 Å². The molecule has 1 aliphatic carbocycles. The largest absolute Gasteiger partial charge is 0.508 e. The van der Waals surface area contributed by atoms with Crippen molar-refractivity contribution in [3.8, 4) is 5.75 Å². The standard InChI is InChI=1S/C18H29NO/c1-3-14-5-7-15(8-6-14)13-19-18(4-2)16-9-11-17(20)12-10-16/h9-12,14-15,18-20H,3-8,13H2,1-2H3. The summed E-state index contributed by atoms with van der Waals surface area (Å²) in [6.07, 6.45) is 8.05. The van der Waals surface area contributed by atoms with Gasteiger partial charge in [0.2, 0.25) is 0 Å². The van der Waals surface area contributed by atoms with Crippen LogP contribution < -0.4 is 5.32 Å². The van der Waals surface area contributed by atoms with E-state index in [9.17, 15) is 5.11 Å². The molecule has 1 fully saturated rings. The Bertz CT molecular complexity index is 379. The number of rotatable bonds is 6. The molecule has 2 N–H and O–H groups in total. The van der Waals surface area contributed by atoms with E-state index in [0.29, 0.717) is 11.8 Å². The van der Waals surface area contributed by atoms with Crippen LogP contribution in [0.15, 0.2) is 24.3 Å². The smallest absolute Gasteiger partial charge is 0.115 e. The first-order valence-electron chi connectivity index (χ1n) is 8.25. The van der Waals surface area contributed by atoms with Gasteiger partial charge in [-0.05, 0) is 55.3 Å². The zero-order valence-corrected chi connectivity index (χ0v) is 12.9. The third-order valence-electron chi connectivity index (χ3n) is 4.90. The predicted octanol–water partition coefficient (Wildman–Crippen LogP) is 4.65. The molecule has 2 rings (SSSR count). The van der Waals surface area contributed by atoms with Gasteiger partial charge in [0.05, 0.1) is 0 Å². The highest BCUT2D eigenvalue weighted by atomic mass is 16.3. The minimum atomic E-state index is 0.349. The van der Waals surface area contributed by atoms with Crippen molar-refractivity contribution in [3.05, 3.63) is 29.8 Å². The van der Waals surface area contributed by atoms with Gasteiger partial charge in [-0.1, -0.05) is 45.2 Å². The normalized spacial score (nSPS) is 24.5. The fourth-order valence-electron chi connectivity index (χ4n) is 3.36. The predicted molar refractivity (Wildman–Crippen MR) is 84.9 cm³/mol. The van der Waals surface area contributed by atoms with Gasteiger partial charge in [0.1, 0.15) is 5.75 Å². The van der Waals surface area contributed by atoms with Crippen molar-refractivity contribution in [3.63, 3.8) is 0 Å². The Morgan fingerprint density at radius 2 is 1.65 bits per heavy atom. The second-order valence-corrected chi connectivity index (χ2v) is 6.26. The van der Waals surface area contributed by atoms with E-state index in [0.717, 1.165) is 24.8 Å². The van der Waals surface area contributed by atoms with Gasteiger partial charge >= 0.3 is 0 Å². The van der Waals surface area contributed by atoms with Crippen molar-refractivity contribution >= 4 is 0 Å². The van der Waals surface area contributed by atoms with Crippen LogP contribution in [-0.2, 0) is 0 Å². The van der Waals surface area contributed by atoms with Crippen LogP contribution in [0.5, 0.6) is 5.75 Å². The molecule has 0 heterocycles. The van der Waals surface area contributed by atoms with Gasteiger partial charge < -0.3 is 10.4 Å². The Balaban J connectivity index is 1.81. The number of phenolic OH excluding ortho intramolecular Hbond substituents is 1. The summed E-state index contributed by atoms with van der Waals surface area (Å²) in [5, 5.41) is 13.1. The summed E-state index contributed by atoms with van der Waals surface area (Å²) >= 11 is 0. The maximum Gasteiger partial charge on any atom is 0.115 e. The fraction of sp³-hybridized carbons (Fsp3) is 0.667. The molecule has 0 bridgehead atoms. The minimum Gasteiger partial charge on any atom is -0.508 e. The molecule has 1 aromatic rings. The van der Waals surface area contributed by atoms with Gasteiger partial charge in [0.15, 0.2) is 0 Å². The number of nitrogens with one attached hydrogen (secondary N) is 1. The van der Waals surface area contributed by atoms with E-state index in [4.69, 9.17) is 0 Å². The highest BCUT2D eigenvalue weighted by molar-refractivity contribution is 5.27. The number of aromatic hydroxyl groups is 1. The topological polar surface area (TPSA) is 32.3 Å². The van der Waals surface area contributed by atoms with E-state index >= 15 is 0 Å². The van der Waals surface area contributed by atoms with Crippen LogP contribution in [0, 0.1) is 11.8 Å². The quantitative estimate of drug-likeness (QED) is 0.792. The second kappa shape index (κ2) is 7.68. The summed E-state index contributed by atoms with van der Waals surface area (Å²) in [6, 6.07) is 8.05. The van der Waals surface area contributed by atoms with Gasteiger partial charge in [0.25, 0.3) is 0 Å². The number of phenols is 1. The van der Waals surface area contributed by atoms with E-state index in [1.807, 2.05) is 12.1 Å². The lowest BCUT2D eigenvalue weighted by molar-refractivity contribution is 0.256. The molecule has 112 valence electrons. The molecule has 1 aliphatic rings. The molecule has 1 saturated carbocycles. The lowest BCUT2D eigenvalue weighted by Gasteiger charge is -2.29. The van der Waals surface area contributed by atoms with Crippen molar-refractivity contribution in [2.45, 2.75) is 58.4 Å². The third kappa shape index (κ3) is 4.24. The SMILES string of the molecule is CCC1CCC(CNC(CC)c2ccc(O)cc2)CC1. The minimum absolute atomic E-state index is 0.349. The van der Waals surface area contributed by atoms with E-state index in [1.54, 1.807) is 12.1 Å². The van der Waals surface area contributed by atoms with Crippen LogP contribution in [0.25, 0.3) is 0 Å². The van der Waals surface area contributed by atoms with Crippen LogP contribution in [0.2, 0.25) is 0 Å². The van der Waals surface area contributed by atoms with E-state index < -0.39 is 0 Å². The van der Waals surface area contributed by atoms with Gasteiger partial charge in [-0.2, -0.15) is 0 Å². The monoisotopic (exact) mass is 275 g/mol. The Morgan fingerprint density at radius 1 is 1.05 bits per heavy atom. The number of hydrogen-bond acceptors (Lipinski definition) is 2. The molecule has 0 radical (unpaired) electrons. The number of hydrogen-bond donors (Lipinski definition) is 2. The summed E-state index contributed by atoms with van der Waals surface area (Å²) in [4.78, 5) is 0. The van der Waals surface area contributed by atoms with Crippen LogP contribution in [0.3, 0.4) is 0 Å². The van der Waals surface area contributed by atoms with E-state index in [1.165, 1.54) is 37.7 Å². The van der Waals surface area contributed by atoms with Crippen LogP contribution in [0.4, 0.5) is 0 Å². The molecule has 1 aromatic carbocycles. The molecule has 0 amide bonds. The van der Waals surface area contributed by atoms with Crippen LogP contribution in [-0.4, -0.2) is 11.7 Å². The average molecular weight is 275 g/mol. The Morgan fingerprint density at radius 3 is 2.20 bits per heavy atom. The Kier molecular flexibility index (Phi) is 5.90. The summed E-state index contributed by atoms with van der Waals surface area (Å²) < 4.78 is 0. The van der Waals surface area contributed by atoms with Gasteiger partial charge in [0, 0.05) is 6.04 Å². The van der Waals surface area contributed by atoms with Gasteiger partial charge in [-0.3, -0.25) is 0 Å². The molecule has 1 unspecified atom stereocenters. The summed E-state index contributed by atoms with van der Waals surface area (Å²) in [6.45, 7) is 5.68. The molecule has 0 saturated heterocycles. The van der Waals surface area contributed by atoms with Crippen LogP contribution >= 0.6 is 0 Å². The van der Waals surface area contributed by atoms with E-state index in [2.05, 4.69) is 19.2 Å². The Labute approximate surface area is 123 Å². The van der Waals surface area contributed by atoms with Crippen molar-refractivity contribution < 1.29 is 5.11 Å². The zero-order valence-electron chi connectivity index (χ0n) is 12.9. The van der Waals surface area contributed by atoms with Crippen molar-refractivity contribution in [1.29, 1.82) is 0 Å². The maximum absolute atomic E-state index is 9.37. The molecular formula is C18H29NO. The highest BCUT2D eigenvalue weighted by Gasteiger charge is 2.20. The first-order valence-corrected chi connectivity index (χ1v) is 8.25. The van der Waals surface area contributed by atoms with Gasteiger partial charge in [-0.25, -0.2) is 0 Å². The maximum atomic E-state index is 9.37. The van der Waals surface area contributed by atoms with Crippen molar-refractivity contribution in [2.75, 3.05) is 6.54 Å². The fourth-order valence-corrected chi connectivity index (χ4v) is 3.36. The number of benzene rings is 1. The molecular weight excluding hydrogens is 246 g/mol. The average Bonchev–Trinajstić information content (AvgIpc) is 2.50. The first-order chi connectivity index (χ1) is 9.72. The van der Waals surface area contributed by atoms with Crippen molar-refractivity contribution in [1.82, 2.24) is 5.32 Å². The molecule has 0 aliphatic heterocycles. The molecule has 2 heteroatoms. The second-order valence-electron chi connectivity index (χ2n) is 6.26. The summed E-state index contributed by atoms with van der Waals surface area (Å²) in [7, 11) is 0.